The third-order valence-electron chi connectivity index (χ3n) is 2.30. The van der Waals surface area contributed by atoms with Crippen molar-refractivity contribution in [2.45, 2.75) is 6.92 Å². The zero-order valence-electron chi connectivity index (χ0n) is 10.2. The van der Waals surface area contributed by atoms with Gasteiger partial charge >= 0.3 is 0 Å². The highest BCUT2D eigenvalue weighted by Crippen LogP contribution is 2.22. The third-order valence-corrected chi connectivity index (χ3v) is 2.30. The summed E-state index contributed by atoms with van der Waals surface area (Å²) in [6, 6.07) is 9.92. The molecule has 0 bridgehead atoms. The van der Waals surface area contributed by atoms with E-state index < -0.39 is 0 Å². The smallest absolute Gasteiger partial charge is 0.145 e. The first kappa shape index (κ1) is 12.1. The number of aromatic amines is 1. The lowest BCUT2D eigenvalue weighted by Gasteiger charge is -2.05. The standard InChI is InChI=1S/C11H11NO.C3H4N2/c1-2-13-10-7-3-5-9-6-4-8-12-11(9)10;1-2-5-3-4-1/h3-8H,2H2,1H3;1-3H,(H,4,5). The van der Waals surface area contributed by atoms with Gasteiger partial charge in [-0.2, -0.15) is 0 Å². The lowest BCUT2D eigenvalue weighted by atomic mass is 10.2. The molecule has 4 heteroatoms. The van der Waals surface area contributed by atoms with Crippen LogP contribution in [0, 0.1) is 0 Å². The second-order valence-corrected chi connectivity index (χ2v) is 3.52. The predicted octanol–water partition coefficient (Wildman–Crippen LogP) is 3.04. The van der Waals surface area contributed by atoms with Crippen molar-refractivity contribution < 1.29 is 4.74 Å². The average Bonchev–Trinajstić information content (AvgIpc) is 2.99. The summed E-state index contributed by atoms with van der Waals surface area (Å²) in [6.45, 7) is 2.65. The van der Waals surface area contributed by atoms with Crippen LogP contribution >= 0.6 is 0 Å². The van der Waals surface area contributed by atoms with Gasteiger partial charge in [0.1, 0.15) is 11.3 Å². The molecule has 1 N–H and O–H groups in total. The highest BCUT2D eigenvalue weighted by molar-refractivity contribution is 5.84. The second-order valence-electron chi connectivity index (χ2n) is 3.52. The van der Waals surface area contributed by atoms with E-state index in [1.165, 1.54) is 0 Å². The number of para-hydroxylation sites is 1. The number of hydrogen-bond acceptors (Lipinski definition) is 3. The van der Waals surface area contributed by atoms with Crippen molar-refractivity contribution in [2.75, 3.05) is 6.61 Å². The molecule has 0 unspecified atom stereocenters. The zero-order chi connectivity index (χ0) is 12.6. The first-order valence-corrected chi connectivity index (χ1v) is 5.81. The molecule has 2 heterocycles. The minimum Gasteiger partial charge on any atom is -0.492 e. The molecule has 92 valence electrons. The van der Waals surface area contributed by atoms with Crippen LogP contribution < -0.4 is 4.74 Å². The predicted molar refractivity (Wildman–Crippen MR) is 71.5 cm³/mol. The van der Waals surface area contributed by atoms with Crippen LogP contribution in [0.25, 0.3) is 10.9 Å². The number of rotatable bonds is 2. The summed E-state index contributed by atoms with van der Waals surface area (Å²) in [5.41, 5.74) is 0.937. The lowest BCUT2D eigenvalue weighted by molar-refractivity contribution is 0.343. The van der Waals surface area contributed by atoms with Crippen molar-refractivity contribution in [3.05, 3.63) is 55.2 Å². The fraction of sp³-hybridized carbons (Fsp3) is 0.143. The van der Waals surface area contributed by atoms with Crippen LogP contribution in [-0.4, -0.2) is 21.6 Å². The SMILES string of the molecule is CCOc1cccc2cccnc12.c1c[nH]cn1. The van der Waals surface area contributed by atoms with Gasteiger partial charge in [-0.05, 0) is 19.1 Å². The van der Waals surface area contributed by atoms with E-state index in [0.29, 0.717) is 6.61 Å². The van der Waals surface area contributed by atoms with Crippen LogP contribution in [0.1, 0.15) is 6.92 Å². The molecule has 0 saturated heterocycles. The number of ether oxygens (including phenoxy) is 1. The first-order chi connectivity index (χ1) is 8.92. The molecule has 0 aliphatic rings. The van der Waals surface area contributed by atoms with Gasteiger partial charge in [-0.25, -0.2) is 4.98 Å². The molecule has 18 heavy (non-hydrogen) atoms. The van der Waals surface area contributed by atoms with Crippen molar-refractivity contribution in [1.82, 2.24) is 15.0 Å². The van der Waals surface area contributed by atoms with Crippen molar-refractivity contribution in [2.24, 2.45) is 0 Å². The zero-order valence-corrected chi connectivity index (χ0v) is 10.2. The van der Waals surface area contributed by atoms with Gasteiger partial charge < -0.3 is 9.72 Å². The van der Waals surface area contributed by atoms with Gasteiger partial charge in [-0.1, -0.05) is 18.2 Å². The fourth-order valence-electron chi connectivity index (χ4n) is 1.56. The van der Waals surface area contributed by atoms with Gasteiger partial charge in [-0.15, -0.1) is 0 Å². The molecule has 3 rings (SSSR count). The lowest BCUT2D eigenvalue weighted by Crippen LogP contribution is -1.92. The number of pyridine rings is 1. The van der Waals surface area contributed by atoms with Gasteiger partial charge in [-0.3, -0.25) is 4.98 Å². The van der Waals surface area contributed by atoms with E-state index in [9.17, 15) is 0 Å². The Kier molecular flexibility index (Phi) is 4.30. The summed E-state index contributed by atoms with van der Waals surface area (Å²) in [7, 11) is 0. The van der Waals surface area contributed by atoms with Crippen LogP contribution in [0.4, 0.5) is 0 Å². The summed E-state index contributed by atoms with van der Waals surface area (Å²) in [4.78, 5) is 10.7. The van der Waals surface area contributed by atoms with Gasteiger partial charge in [0.25, 0.3) is 0 Å². The number of hydrogen-bond donors (Lipinski definition) is 1. The van der Waals surface area contributed by atoms with Crippen LogP contribution in [0.5, 0.6) is 5.75 Å². The minimum absolute atomic E-state index is 0.676. The molecule has 0 aliphatic heterocycles. The molecule has 4 nitrogen and oxygen atoms in total. The average molecular weight is 241 g/mol. The number of H-pyrrole nitrogens is 1. The summed E-state index contributed by atoms with van der Waals surface area (Å²) < 4.78 is 5.46. The van der Waals surface area contributed by atoms with E-state index in [1.54, 1.807) is 24.9 Å². The maximum atomic E-state index is 5.46. The fourth-order valence-corrected chi connectivity index (χ4v) is 1.56. The molecule has 1 aromatic carbocycles. The molecule has 2 aromatic heterocycles. The molecule has 0 radical (unpaired) electrons. The van der Waals surface area contributed by atoms with Crippen LogP contribution in [0.3, 0.4) is 0 Å². The van der Waals surface area contributed by atoms with Gasteiger partial charge in [0.05, 0.1) is 12.9 Å². The Morgan fingerprint density at radius 2 is 2.06 bits per heavy atom. The molecule has 3 aromatic rings. The Labute approximate surface area is 106 Å². The Balaban J connectivity index is 0.000000202. The van der Waals surface area contributed by atoms with Crippen LogP contribution in [0.15, 0.2) is 55.2 Å². The third kappa shape index (κ3) is 3.07. The van der Waals surface area contributed by atoms with E-state index in [2.05, 4.69) is 15.0 Å². The molecule has 0 amide bonds. The summed E-state index contributed by atoms with van der Waals surface area (Å²) >= 11 is 0. The van der Waals surface area contributed by atoms with Crippen molar-refractivity contribution in [3.63, 3.8) is 0 Å². The number of aromatic nitrogens is 3. The summed E-state index contributed by atoms with van der Waals surface area (Å²) in [5, 5.41) is 1.12. The topological polar surface area (TPSA) is 50.8 Å². The Morgan fingerprint density at radius 3 is 2.72 bits per heavy atom. The summed E-state index contributed by atoms with van der Waals surface area (Å²) in [6.07, 6.45) is 6.87. The highest BCUT2D eigenvalue weighted by Gasteiger charge is 2.00. The largest absolute Gasteiger partial charge is 0.492 e. The van der Waals surface area contributed by atoms with E-state index in [0.717, 1.165) is 16.7 Å². The summed E-state index contributed by atoms with van der Waals surface area (Å²) in [5.74, 6) is 0.862. The van der Waals surface area contributed by atoms with Crippen molar-refractivity contribution >= 4 is 10.9 Å². The van der Waals surface area contributed by atoms with Crippen molar-refractivity contribution in [3.8, 4) is 5.75 Å². The first-order valence-electron chi connectivity index (χ1n) is 5.81. The van der Waals surface area contributed by atoms with Crippen LogP contribution in [0.2, 0.25) is 0 Å². The quantitative estimate of drug-likeness (QED) is 0.750. The second kappa shape index (κ2) is 6.39. The molecule has 0 fully saturated rings. The number of nitrogens with one attached hydrogen (secondary N) is 1. The molecular weight excluding hydrogens is 226 g/mol. The molecule has 0 saturated carbocycles. The molecule has 0 aliphatic carbocycles. The van der Waals surface area contributed by atoms with E-state index in [1.807, 2.05) is 37.3 Å². The highest BCUT2D eigenvalue weighted by atomic mass is 16.5. The van der Waals surface area contributed by atoms with Crippen LogP contribution in [-0.2, 0) is 0 Å². The Bertz CT molecular complexity index is 556. The van der Waals surface area contributed by atoms with Gasteiger partial charge in [0.2, 0.25) is 0 Å². The number of benzene rings is 1. The minimum atomic E-state index is 0.676. The van der Waals surface area contributed by atoms with E-state index in [-0.39, 0.29) is 0 Å². The van der Waals surface area contributed by atoms with Gasteiger partial charge in [0.15, 0.2) is 0 Å². The van der Waals surface area contributed by atoms with E-state index >= 15 is 0 Å². The Hall–Kier alpha value is -2.36. The maximum Gasteiger partial charge on any atom is 0.145 e. The normalized spacial score (nSPS) is 9.61. The molecule has 0 spiro atoms. The Morgan fingerprint density at radius 1 is 1.17 bits per heavy atom. The maximum absolute atomic E-state index is 5.46. The van der Waals surface area contributed by atoms with Crippen molar-refractivity contribution in [1.29, 1.82) is 0 Å². The van der Waals surface area contributed by atoms with E-state index in [4.69, 9.17) is 4.74 Å². The number of fused-ring (bicyclic) bond motifs is 1. The molecular formula is C14H15N3O. The monoisotopic (exact) mass is 241 g/mol. The van der Waals surface area contributed by atoms with Gasteiger partial charge in [0, 0.05) is 24.0 Å². The number of imidazole rings is 1. The molecule has 0 atom stereocenters. The number of nitrogens with zero attached hydrogens (tertiary/aromatic N) is 2.